The zero-order chi connectivity index (χ0) is 15.3. The molecule has 1 N–H and O–H groups in total. The molecule has 2 rings (SSSR count). The second-order valence-corrected chi connectivity index (χ2v) is 8.77. The van der Waals surface area contributed by atoms with E-state index in [1.807, 2.05) is 0 Å². The summed E-state index contributed by atoms with van der Waals surface area (Å²) < 4.78 is 0.370. The zero-order valence-corrected chi connectivity index (χ0v) is 14.7. The van der Waals surface area contributed by atoms with Gasteiger partial charge in [-0.2, -0.15) is 11.8 Å². The average Bonchev–Trinajstić information content (AvgIpc) is 2.37. The predicted octanol–water partition coefficient (Wildman–Crippen LogP) is 3.15. The third-order valence-electron chi connectivity index (χ3n) is 3.61. The minimum atomic E-state index is 0.370. The summed E-state index contributed by atoms with van der Waals surface area (Å²) in [6.07, 6.45) is 0. The molecule has 4 heteroatoms. The highest BCUT2D eigenvalue weighted by atomic mass is 32.2. The van der Waals surface area contributed by atoms with Crippen LogP contribution in [0.3, 0.4) is 0 Å². The smallest absolute Gasteiger partial charge is 0.0547 e. The van der Waals surface area contributed by atoms with E-state index in [1.165, 1.54) is 18.0 Å². The molecule has 21 heavy (non-hydrogen) atoms. The summed E-state index contributed by atoms with van der Waals surface area (Å²) in [7, 11) is 0. The summed E-state index contributed by atoms with van der Waals surface area (Å²) in [5.74, 6) is 1.91. The summed E-state index contributed by atoms with van der Waals surface area (Å²) in [4.78, 5) is 7.33. The first kappa shape index (κ1) is 16.8. The lowest BCUT2D eigenvalue weighted by Crippen LogP contribution is -2.42. The van der Waals surface area contributed by atoms with Gasteiger partial charge in [0.1, 0.15) is 0 Å². The maximum absolute atomic E-state index is 4.80. The standard InChI is InChI=1S/C17H29N3S/c1-14(2)10-18-11-15-6-5-7-16(19-15)12-20-8-9-21-17(3,4)13-20/h5-7,14,18H,8-13H2,1-4H3. The fourth-order valence-electron chi connectivity index (χ4n) is 2.68. The van der Waals surface area contributed by atoms with Gasteiger partial charge in [-0.3, -0.25) is 9.88 Å². The molecule has 1 aliphatic rings. The van der Waals surface area contributed by atoms with Crippen LogP contribution in [0.4, 0.5) is 0 Å². The van der Waals surface area contributed by atoms with Gasteiger partial charge < -0.3 is 5.32 Å². The van der Waals surface area contributed by atoms with E-state index >= 15 is 0 Å². The van der Waals surface area contributed by atoms with Gasteiger partial charge in [0.05, 0.1) is 11.4 Å². The highest BCUT2D eigenvalue weighted by molar-refractivity contribution is 8.00. The molecule has 1 aromatic heterocycles. The number of pyridine rings is 1. The first-order chi connectivity index (χ1) is 9.94. The number of aromatic nitrogens is 1. The molecule has 0 bridgehead atoms. The number of thioether (sulfide) groups is 1. The van der Waals surface area contributed by atoms with Crippen LogP contribution in [-0.2, 0) is 13.1 Å². The van der Waals surface area contributed by atoms with Crippen LogP contribution in [0.2, 0.25) is 0 Å². The fourth-order valence-corrected chi connectivity index (χ4v) is 3.86. The molecule has 1 fully saturated rings. The van der Waals surface area contributed by atoms with Crippen LogP contribution in [0.5, 0.6) is 0 Å². The molecule has 0 radical (unpaired) electrons. The van der Waals surface area contributed by atoms with Crippen LogP contribution in [0, 0.1) is 5.92 Å². The third kappa shape index (κ3) is 5.97. The Hall–Kier alpha value is -0.580. The number of nitrogens with zero attached hydrogens (tertiary/aromatic N) is 2. The molecule has 3 nitrogen and oxygen atoms in total. The van der Waals surface area contributed by atoms with Gasteiger partial charge in [0.25, 0.3) is 0 Å². The highest BCUT2D eigenvalue weighted by Gasteiger charge is 2.26. The maximum atomic E-state index is 4.80. The Bertz CT molecular complexity index is 445. The topological polar surface area (TPSA) is 28.2 Å². The molecule has 0 unspecified atom stereocenters. The largest absolute Gasteiger partial charge is 0.311 e. The zero-order valence-electron chi connectivity index (χ0n) is 13.9. The highest BCUT2D eigenvalue weighted by Crippen LogP contribution is 2.29. The molecular formula is C17H29N3S. The SMILES string of the molecule is CC(C)CNCc1cccc(CN2CCSC(C)(C)C2)n1. The van der Waals surface area contributed by atoms with Gasteiger partial charge in [0.2, 0.25) is 0 Å². The summed E-state index contributed by atoms with van der Waals surface area (Å²) >= 11 is 2.08. The van der Waals surface area contributed by atoms with E-state index in [-0.39, 0.29) is 0 Å². The molecule has 0 saturated carbocycles. The van der Waals surface area contributed by atoms with Crippen molar-refractivity contribution in [2.45, 2.75) is 45.5 Å². The summed E-state index contributed by atoms with van der Waals surface area (Å²) in [6, 6.07) is 6.41. The van der Waals surface area contributed by atoms with Gasteiger partial charge >= 0.3 is 0 Å². The molecule has 0 aromatic carbocycles. The third-order valence-corrected chi connectivity index (χ3v) is 4.91. The van der Waals surface area contributed by atoms with Crippen LogP contribution < -0.4 is 5.32 Å². The molecule has 1 aliphatic heterocycles. The lowest BCUT2D eigenvalue weighted by Gasteiger charge is -2.37. The van der Waals surface area contributed by atoms with Gasteiger partial charge in [0.15, 0.2) is 0 Å². The molecule has 1 saturated heterocycles. The van der Waals surface area contributed by atoms with Crippen LogP contribution in [0.1, 0.15) is 39.1 Å². The summed E-state index contributed by atoms with van der Waals surface area (Å²) in [5.41, 5.74) is 2.35. The molecular weight excluding hydrogens is 278 g/mol. The minimum absolute atomic E-state index is 0.370. The monoisotopic (exact) mass is 307 g/mol. The first-order valence-corrected chi connectivity index (χ1v) is 8.95. The van der Waals surface area contributed by atoms with E-state index < -0.39 is 0 Å². The van der Waals surface area contributed by atoms with Gasteiger partial charge in [-0.05, 0) is 38.4 Å². The first-order valence-electron chi connectivity index (χ1n) is 7.96. The van der Waals surface area contributed by atoms with Crippen molar-refractivity contribution in [1.82, 2.24) is 15.2 Å². The van der Waals surface area contributed by atoms with Crippen molar-refractivity contribution in [2.24, 2.45) is 5.92 Å². The normalized spacial score (nSPS) is 19.1. The van der Waals surface area contributed by atoms with Crippen LogP contribution >= 0.6 is 11.8 Å². The molecule has 118 valence electrons. The second-order valence-electron chi connectivity index (χ2n) is 6.96. The van der Waals surface area contributed by atoms with E-state index in [0.29, 0.717) is 10.7 Å². The molecule has 0 amide bonds. The lowest BCUT2D eigenvalue weighted by atomic mass is 10.1. The van der Waals surface area contributed by atoms with Crippen molar-refractivity contribution >= 4 is 11.8 Å². The Morgan fingerprint density at radius 3 is 2.81 bits per heavy atom. The Morgan fingerprint density at radius 1 is 1.33 bits per heavy atom. The van der Waals surface area contributed by atoms with Crippen molar-refractivity contribution in [3.05, 3.63) is 29.6 Å². The van der Waals surface area contributed by atoms with E-state index in [2.05, 4.69) is 67.9 Å². The van der Waals surface area contributed by atoms with Crippen molar-refractivity contribution < 1.29 is 0 Å². The van der Waals surface area contributed by atoms with Gasteiger partial charge in [-0.25, -0.2) is 0 Å². The number of nitrogens with one attached hydrogen (secondary N) is 1. The molecule has 1 aromatic rings. The average molecular weight is 308 g/mol. The van der Waals surface area contributed by atoms with Crippen LogP contribution in [0.25, 0.3) is 0 Å². The van der Waals surface area contributed by atoms with Crippen LogP contribution in [0.15, 0.2) is 18.2 Å². The van der Waals surface area contributed by atoms with E-state index in [0.717, 1.165) is 31.9 Å². The minimum Gasteiger partial charge on any atom is -0.311 e. The number of rotatable bonds is 6. The number of hydrogen-bond donors (Lipinski definition) is 1. The lowest BCUT2D eigenvalue weighted by molar-refractivity contribution is 0.249. The number of hydrogen-bond acceptors (Lipinski definition) is 4. The Balaban J connectivity index is 1.88. The molecule has 0 aliphatic carbocycles. The Morgan fingerprint density at radius 2 is 2.10 bits per heavy atom. The van der Waals surface area contributed by atoms with Crippen molar-refractivity contribution in [2.75, 3.05) is 25.4 Å². The molecule has 2 heterocycles. The van der Waals surface area contributed by atoms with E-state index in [4.69, 9.17) is 4.98 Å². The van der Waals surface area contributed by atoms with E-state index in [1.54, 1.807) is 0 Å². The summed E-state index contributed by atoms with van der Waals surface area (Å²) in [6.45, 7) is 14.3. The van der Waals surface area contributed by atoms with Crippen molar-refractivity contribution in [3.8, 4) is 0 Å². The molecule has 0 atom stereocenters. The molecule has 0 spiro atoms. The Labute approximate surface area is 133 Å². The Kier molecular flexibility index (Phi) is 6.08. The maximum Gasteiger partial charge on any atom is 0.0547 e. The van der Waals surface area contributed by atoms with Crippen molar-refractivity contribution in [1.29, 1.82) is 0 Å². The quantitative estimate of drug-likeness (QED) is 0.874. The van der Waals surface area contributed by atoms with Gasteiger partial charge in [-0.15, -0.1) is 0 Å². The van der Waals surface area contributed by atoms with Crippen molar-refractivity contribution in [3.63, 3.8) is 0 Å². The predicted molar refractivity (Wildman–Crippen MR) is 92.6 cm³/mol. The van der Waals surface area contributed by atoms with Crippen LogP contribution in [-0.4, -0.2) is 40.0 Å². The van der Waals surface area contributed by atoms with Gasteiger partial charge in [-0.1, -0.05) is 19.9 Å². The second kappa shape index (κ2) is 7.61. The van der Waals surface area contributed by atoms with E-state index in [9.17, 15) is 0 Å². The van der Waals surface area contributed by atoms with Gasteiger partial charge in [0, 0.05) is 36.7 Å². The summed E-state index contributed by atoms with van der Waals surface area (Å²) in [5, 5.41) is 3.47. The fraction of sp³-hybridized carbons (Fsp3) is 0.706.